The summed E-state index contributed by atoms with van der Waals surface area (Å²) >= 11 is 5.01. The highest BCUT2D eigenvalue weighted by Gasteiger charge is 2.14. The molecule has 1 N–H and O–H groups in total. The Labute approximate surface area is 108 Å². The van der Waals surface area contributed by atoms with Crippen molar-refractivity contribution >= 4 is 27.3 Å². The molecule has 1 aliphatic heterocycles. The fraction of sp³-hybridized carbons (Fsp3) is 0.636. The number of nitrogens with zero attached hydrogens (tertiary/aromatic N) is 1. The normalized spacial score (nSPS) is 19.9. The SMILES string of the molecule is OC(CCN1CCOCC1)c1ccc(Br)s1. The van der Waals surface area contributed by atoms with Crippen LogP contribution in [0.4, 0.5) is 0 Å². The monoisotopic (exact) mass is 305 g/mol. The quantitative estimate of drug-likeness (QED) is 0.926. The minimum atomic E-state index is -0.334. The zero-order valence-electron chi connectivity index (χ0n) is 9.06. The number of halogens is 1. The molecule has 2 rings (SSSR count). The molecule has 1 aromatic rings. The summed E-state index contributed by atoms with van der Waals surface area (Å²) in [6.45, 7) is 4.56. The van der Waals surface area contributed by atoms with Crippen LogP contribution in [0, 0.1) is 0 Å². The lowest BCUT2D eigenvalue weighted by molar-refractivity contribution is 0.0303. The molecule has 1 saturated heterocycles. The van der Waals surface area contributed by atoms with Gasteiger partial charge in [0.25, 0.3) is 0 Å². The van der Waals surface area contributed by atoms with E-state index in [1.54, 1.807) is 11.3 Å². The van der Waals surface area contributed by atoms with E-state index in [9.17, 15) is 5.11 Å². The maximum absolute atomic E-state index is 10.00. The number of morpholine rings is 1. The first-order chi connectivity index (χ1) is 7.75. The molecule has 90 valence electrons. The van der Waals surface area contributed by atoms with Crippen molar-refractivity contribution in [1.29, 1.82) is 0 Å². The maximum Gasteiger partial charge on any atom is 0.0894 e. The fourth-order valence-electron chi connectivity index (χ4n) is 1.78. The minimum Gasteiger partial charge on any atom is -0.388 e. The van der Waals surface area contributed by atoms with Gasteiger partial charge in [0.1, 0.15) is 0 Å². The van der Waals surface area contributed by atoms with Crippen LogP contribution in [-0.4, -0.2) is 42.9 Å². The number of thiophene rings is 1. The van der Waals surface area contributed by atoms with Gasteiger partial charge < -0.3 is 9.84 Å². The third kappa shape index (κ3) is 3.53. The Morgan fingerprint density at radius 1 is 1.44 bits per heavy atom. The van der Waals surface area contributed by atoms with E-state index in [1.165, 1.54) is 0 Å². The molecular weight excluding hydrogens is 290 g/mol. The third-order valence-corrected chi connectivity index (χ3v) is 4.47. The Morgan fingerprint density at radius 2 is 2.19 bits per heavy atom. The standard InChI is InChI=1S/C11H16BrNO2S/c12-11-2-1-10(16-11)9(14)3-4-13-5-7-15-8-6-13/h1-2,9,14H,3-8H2. The molecule has 0 amide bonds. The molecule has 1 aliphatic rings. The van der Waals surface area contributed by atoms with E-state index in [0.717, 1.165) is 47.9 Å². The molecule has 1 unspecified atom stereocenters. The van der Waals surface area contributed by atoms with E-state index in [1.807, 2.05) is 12.1 Å². The van der Waals surface area contributed by atoms with Crippen molar-refractivity contribution in [3.63, 3.8) is 0 Å². The third-order valence-electron chi connectivity index (χ3n) is 2.74. The minimum absolute atomic E-state index is 0.334. The van der Waals surface area contributed by atoms with Crippen molar-refractivity contribution in [2.24, 2.45) is 0 Å². The van der Waals surface area contributed by atoms with Gasteiger partial charge in [0, 0.05) is 24.5 Å². The second-order valence-corrected chi connectivity index (χ2v) is 6.39. The largest absolute Gasteiger partial charge is 0.388 e. The smallest absolute Gasteiger partial charge is 0.0894 e. The average Bonchev–Trinajstić information content (AvgIpc) is 2.74. The zero-order chi connectivity index (χ0) is 11.4. The number of aliphatic hydroxyl groups excluding tert-OH is 1. The van der Waals surface area contributed by atoms with Crippen LogP contribution in [-0.2, 0) is 4.74 Å². The van der Waals surface area contributed by atoms with Crippen LogP contribution < -0.4 is 0 Å². The molecule has 0 bridgehead atoms. The van der Waals surface area contributed by atoms with Crippen molar-refractivity contribution in [3.05, 3.63) is 20.8 Å². The molecule has 0 aliphatic carbocycles. The maximum atomic E-state index is 10.00. The number of rotatable bonds is 4. The summed E-state index contributed by atoms with van der Waals surface area (Å²) in [4.78, 5) is 3.38. The van der Waals surface area contributed by atoms with Crippen LogP contribution in [0.2, 0.25) is 0 Å². The van der Waals surface area contributed by atoms with E-state index < -0.39 is 0 Å². The van der Waals surface area contributed by atoms with E-state index in [4.69, 9.17) is 4.74 Å². The molecule has 3 nitrogen and oxygen atoms in total. The lowest BCUT2D eigenvalue weighted by Gasteiger charge is -2.27. The molecule has 1 atom stereocenters. The van der Waals surface area contributed by atoms with E-state index in [-0.39, 0.29) is 6.10 Å². The Hall–Kier alpha value is 0.0600. The predicted octanol–water partition coefficient (Wildman–Crippen LogP) is 2.27. The molecule has 0 saturated carbocycles. The van der Waals surface area contributed by atoms with Gasteiger partial charge in [0.2, 0.25) is 0 Å². The Kier molecular flexibility index (Phi) is 4.79. The van der Waals surface area contributed by atoms with Gasteiger partial charge in [-0.15, -0.1) is 11.3 Å². The molecule has 16 heavy (non-hydrogen) atoms. The van der Waals surface area contributed by atoms with Crippen molar-refractivity contribution < 1.29 is 9.84 Å². The first kappa shape index (κ1) is 12.5. The summed E-state index contributed by atoms with van der Waals surface area (Å²) in [5, 5.41) is 10.00. The summed E-state index contributed by atoms with van der Waals surface area (Å²) in [7, 11) is 0. The molecule has 1 fully saturated rings. The fourth-order valence-corrected chi connectivity index (χ4v) is 3.22. The van der Waals surface area contributed by atoms with E-state index in [0.29, 0.717) is 0 Å². The van der Waals surface area contributed by atoms with Crippen LogP contribution >= 0.6 is 27.3 Å². The van der Waals surface area contributed by atoms with Gasteiger partial charge in [-0.1, -0.05) is 0 Å². The van der Waals surface area contributed by atoms with Crippen LogP contribution in [0.25, 0.3) is 0 Å². The molecule has 0 spiro atoms. The second-order valence-electron chi connectivity index (χ2n) is 3.90. The van der Waals surface area contributed by atoms with Crippen LogP contribution in [0.5, 0.6) is 0 Å². The topological polar surface area (TPSA) is 32.7 Å². The second kappa shape index (κ2) is 6.12. The van der Waals surface area contributed by atoms with Crippen LogP contribution in [0.15, 0.2) is 15.9 Å². The number of hydrogen-bond donors (Lipinski definition) is 1. The highest BCUT2D eigenvalue weighted by atomic mass is 79.9. The number of hydrogen-bond acceptors (Lipinski definition) is 4. The van der Waals surface area contributed by atoms with Gasteiger partial charge in [0.15, 0.2) is 0 Å². The summed E-state index contributed by atoms with van der Waals surface area (Å²) in [6, 6.07) is 3.97. The van der Waals surface area contributed by atoms with Crippen molar-refractivity contribution in [2.45, 2.75) is 12.5 Å². The summed E-state index contributed by atoms with van der Waals surface area (Å²) in [5.74, 6) is 0. The summed E-state index contributed by atoms with van der Waals surface area (Å²) < 4.78 is 6.36. The first-order valence-electron chi connectivity index (χ1n) is 5.49. The first-order valence-corrected chi connectivity index (χ1v) is 7.10. The lowest BCUT2D eigenvalue weighted by atomic mass is 10.2. The van der Waals surface area contributed by atoms with E-state index >= 15 is 0 Å². The zero-order valence-corrected chi connectivity index (χ0v) is 11.5. The predicted molar refractivity (Wildman–Crippen MR) is 68.9 cm³/mol. The van der Waals surface area contributed by atoms with Gasteiger partial charge in [-0.2, -0.15) is 0 Å². The van der Waals surface area contributed by atoms with Gasteiger partial charge in [-0.25, -0.2) is 0 Å². The van der Waals surface area contributed by atoms with Crippen LogP contribution in [0.3, 0.4) is 0 Å². The molecule has 0 aromatic carbocycles. The molecular formula is C11H16BrNO2S. The van der Waals surface area contributed by atoms with Gasteiger partial charge in [-0.05, 0) is 34.5 Å². The van der Waals surface area contributed by atoms with E-state index in [2.05, 4.69) is 20.8 Å². The number of ether oxygens (including phenoxy) is 1. The summed E-state index contributed by atoms with van der Waals surface area (Å²) in [5.41, 5.74) is 0. The van der Waals surface area contributed by atoms with Crippen molar-refractivity contribution in [1.82, 2.24) is 4.90 Å². The number of aliphatic hydroxyl groups is 1. The molecule has 5 heteroatoms. The van der Waals surface area contributed by atoms with Crippen molar-refractivity contribution in [2.75, 3.05) is 32.8 Å². The van der Waals surface area contributed by atoms with Gasteiger partial charge in [-0.3, -0.25) is 4.90 Å². The highest BCUT2D eigenvalue weighted by Crippen LogP contribution is 2.28. The Morgan fingerprint density at radius 3 is 2.81 bits per heavy atom. The summed E-state index contributed by atoms with van der Waals surface area (Å²) in [6.07, 6.45) is 0.464. The van der Waals surface area contributed by atoms with Gasteiger partial charge >= 0.3 is 0 Å². The Balaban J connectivity index is 1.76. The molecule has 1 aromatic heterocycles. The van der Waals surface area contributed by atoms with Gasteiger partial charge in [0.05, 0.1) is 23.1 Å². The van der Waals surface area contributed by atoms with Crippen molar-refractivity contribution in [3.8, 4) is 0 Å². The van der Waals surface area contributed by atoms with Crippen LogP contribution in [0.1, 0.15) is 17.4 Å². The Bertz CT molecular complexity index is 326. The molecule has 2 heterocycles. The highest BCUT2D eigenvalue weighted by molar-refractivity contribution is 9.11. The molecule has 0 radical (unpaired) electrons. The lowest BCUT2D eigenvalue weighted by Crippen LogP contribution is -2.37. The average molecular weight is 306 g/mol.